The van der Waals surface area contributed by atoms with Gasteiger partial charge in [0.25, 0.3) is 0 Å². The molecule has 0 aliphatic heterocycles. The quantitative estimate of drug-likeness (QED) is 0.373. The summed E-state index contributed by atoms with van der Waals surface area (Å²) in [5.41, 5.74) is 1.23. The molecular weight excluding hydrogens is 514 g/mol. The lowest BCUT2D eigenvalue weighted by Gasteiger charge is -2.31. The molecule has 0 radical (unpaired) electrons. The van der Waals surface area contributed by atoms with Gasteiger partial charge in [0.15, 0.2) is 0 Å². The molecule has 0 fully saturated rings. The molecule has 0 bridgehead atoms. The average molecular weight is 552 g/mol. The molecule has 2 aromatic rings. The number of carbonyl (C=O) groups is 2. The average Bonchev–Trinajstić information content (AvgIpc) is 2.85. The SMILES string of the molecule is CC[C@H](C(=O)NCC(C)C)N(Cc1ccccc1Cl)C(=O)CCCN(c1ccc(OC)cc1)S(C)(=O)=O. The van der Waals surface area contributed by atoms with E-state index < -0.39 is 16.1 Å². The fraction of sp³-hybridized carbons (Fsp3) is 0.481. The molecular formula is C27H38ClN3O5S. The Hall–Kier alpha value is -2.78. The van der Waals surface area contributed by atoms with Crippen LogP contribution in [0.4, 0.5) is 5.69 Å². The highest BCUT2D eigenvalue weighted by Gasteiger charge is 2.29. The van der Waals surface area contributed by atoms with E-state index in [1.165, 1.54) is 11.4 Å². The van der Waals surface area contributed by atoms with Gasteiger partial charge in [-0.1, -0.05) is 50.6 Å². The summed E-state index contributed by atoms with van der Waals surface area (Å²) < 4.78 is 31.4. The van der Waals surface area contributed by atoms with E-state index in [1.54, 1.807) is 35.2 Å². The van der Waals surface area contributed by atoms with Crippen molar-refractivity contribution in [2.24, 2.45) is 5.92 Å². The summed E-state index contributed by atoms with van der Waals surface area (Å²) in [6, 6.07) is 13.3. The molecule has 2 amide bonds. The van der Waals surface area contributed by atoms with Crippen molar-refractivity contribution in [3.63, 3.8) is 0 Å². The fourth-order valence-corrected chi connectivity index (χ4v) is 5.07. The maximum Gasteiger partial charge on any atom is 0.242 e. The zero-order valence-corrected chi connectivity index (χ0v) is 23.8. The summed E-state index contributed by atoms with van der Waals surface area (Å²) in [7, 11) is -2.04. The zero-order valence-electron chi connectivity index (χ0n) is 22.2. The van der Waals surface area contributed by atoms with E-state index >= 15 is 0 Å². The summed E-state index contributed by atoms with van der Waals surface area (Å²) in [5.74, 6) is 0.431. The number of rotatable bonds is 14. The van der Waals surface area contributed by atoms with Gasteiger partial charge in [-0.25, -0.2) is 8.42 Å². The lowest BCUT2D eigenvalue weighted by Crippen LogP contribution is -2.49. The lowest BCUT2D eigenvalue weighted by atomic mass is 10.1. The number of hydrogen-bond acceptors (Lipinski definition) is 5. The fourth-order valence-electron chi connectivity index (χ4n) is 3.90. The van der Waals surface area contributed by atoms with Gasteiger partial charge in [-0.3, -0.25) is 13.9 Å². The Morgan fingerprint density at radius 3 is 2.27 bits per heavy atom. The molecule has 0 aliphatic carbocycles. The summed E-state index contributed by atoms with van der Waals surface area (Å²) in [6.07, 6.45) is 1.91. The summed E-state index contributed by atoms with van der Waals surface area (Å²) in [6.45, 7) is 6.68. The highest BCUT2D eigenvalue weighted by atomic mass is 35.5. The first-order valence-electron chi connectivity index (χ1n) is 12.4. The Bertz CT molecular complexity index is 1140. The van der Waals surface area contributed by atoms with Crippen molar-refractivity contribution in [2.45, 2.75) is 52.6 Å². The van der Waals surface area contributed by atoms with Crippen LogP contribution in [-0.2, 0) is 26.2 Å². The number of hydrogen-bond donors (Lipinski definition) is 1. The van der Waals surface area contributed by atoms with Crippen LogP contribution in [0.15, 0.2) is 48.5 Å². The van der Waals surface area contributed by atoms with E-state index in [4.69, 9.17) is 16.3 Å². The van der Waals surface area contributed by atoms with Crippen molar-refractivity contribution < 1.29 is 22.7 Å². The Labute approximate surface area is 226 Å². The van der Waals surface area contributed by atoms with E-state index in [0.29, 0.717) is 29.4 Å². The van der Waals surface area contributed by atoms with Gasteiger partial charge >= 0.3 is 0 Å². The van der Waals surface area contributed by atoms with Crippen LogP contribution < -0.4 is 14.4 Å². The highest BCUT2D eigenvalue weighted by molar-refractivity contribution is 7.92. The molecule has 0 saturated carbocycles. The number of ether oxygens (including phenoxy) is 1. The number of sulfonamides is 1. The van der Waals surface area contributed by atoms with E-state index in [2.05, 4.69) is 5.32 Å². The van der Waals surface area contributed by atoms with Gasteiger partial charge in [-0.15, -0.1) is 0 Å². The molecule has 204 valence electrons. The van der Waals surface area contributed by atoms with Crippen molar-refractivity contribution in [3.8, 4) is 5.75 Å². The molecule has 0 spiro atoms. The minimum atomic E-state index is -3.57. The molecule has 0 aromatic heterocycles. The second kappa shape index (κ2) is 14.2. The van der Waals surface area contributed by atoms with Crippen LogP contribution in [0.1, 0.15) is 45.6 Å². The highest BCUT2D eigenvalue weighted by Crippen LogP contribution is 2.23. The molecule has 1 atom stereocenters. The number of carbonyl (C=O) groups excluding carboxylic acids is 2. The van der Waals surface area contributed by atoms with E-state index in [-0.39, 0.29) is 43.7 Å². The van der Waals surface area contributed by atoms with Gasteiger partial charge in [0.05, 0.1) is 19.1 Å². The van der Waals surface area contributed by atoms with Gasteiger partial charge in [-0.05, 0) is 54.7 Å². The molecule has 10 heteroatoms. The Morgan fingerprint density at radius 2 is 1.73 bits per heavy atom. The van der Waals surface area contributed by atoms with Crippen LogP contribution in [0.25, 0.3) is 0 Å². The molecule has 1 N–H and O–H groups in total. The Morgan fingerprint density at radius 1 is 1.08 bits per heavy atom. The maximum absolute atomic E-state index is 13.5. The summed E-state index contributed by atoms with van der Waals surface area (Å²) in [4.78, 5) is 28.0. The third kappa shape index (κ3) is 9.23. The first-order valence-corrected chi connectivity index (χ1v) is 14.6. The molecule has 0 aliphatic rings. The maximum atomic E-state index is 13.5. The van der Waals surface area contributed by atoms with Gasteiger partial charge in [0.2, 0.25) is 21.8 Å². The number of nitrogens with zero attached hydrogens (tertiary/aromatic N) is 2. The topological polar surface area (TPSA) is 96.0 Å². The van der Waals surface area contributed by atoms with Crippen LogP contribution in [0.5, 0.6) is 5.75 Å². The minimum Gasteiger partial charge on any atom is -0.497 e. The number of methoxy groups -OCH3 is 1. The predicted octanol–water partition coefficient (Wildman–Crippen LogP) is 4.47. The number of nitrogens with one attached hydrogen (secondary N) is 1. The number of halogens is 1. The van der Waals surface area contributed by atoms with E-state index in [9.17, 15) is 18.0 Å². The zero-order chi connectivity index (χ0) is 27.6. The normalized spacial score (nSPS) is 12.2. The number of anilines is 1. The first-order chi connectivity index (χ1) is 17.5. The lowest BCUT2D eigenvalue weighted by molar-refractivity contribution is -0.141. The largest absolute Gasteiger partial charge is 0.497 e. The second-order valence-electron chi connectivity index (χ2n) is 9.31. The Kier molecular flexibility index (Phi) is 11.7. The molecule has 2 rings (SSSR count). The summed E-state index contributed by atoms with van der Waals surface area (Å²) >= 11 is 6.37. The Balaban J connectivity index is 2.21. The van der Waals surface area contributed by atoms with E-state index in [1.807, 2.05) is 39.0 Å². The first kappa shape index (κ1) is 30.4. The van der Waals surface area contributed by atoms with Gasteiger partial charge < -0.3 is 15.0 Å². The van der Waals surface area contributed by atoms with Crippen molar-refractivity contribution in [1.29, 1.82) is 0 Å². The van der Waals surface area contributed by atoms with Crippen LogP contribution in [0, 0.1) is 5.92 Å². The third-order valence-corrected chi connectivity index (χ3v) is 7.44. The van der Waals surface area contributed by atoms with Gasteiger partial charge in [0, 0.05) is 31.1 Å². The van der Waals surface area contributed by atoms with Gasteiger partial charge in [0.1, 0.15) is 11.8 Å². The third-order valence-electron chi connectivity index (χ3n) is 5.88. The summed E-state index contributed by atoms with van der Waals surface area (Å²) in [5, 5.41) is 3.44. The van der Waals surface area contributed by atoms with Crippen LogP contribution in [0.3, 0.4) is 0 Å². The predicted molar refractivity (Wildman–Crippen MR) is 148 cm³/mol. The smallest absolute Gasteiger partial charge is 0.242 e. The van der Waals surface area contributed by atoms with Crippen LogP contribution >= 0.6 is 11.6 Å². The van der Waals surface area contributed by atoms with Crippen molar-refractivity contribution in [3.05, 3.63) is 59.1 Å². The molecule has 2 aromatic carbocycles. The standard InChI is InChI=1S/C27H38ClN3O5S/c1-6-25(27(33)29-18-20(2)3)30(19-21-10-7-8-11-24(21)28)26(32)12-9-17-31(37(5,34)35)22-13-15-23(36-4)16-14-22/h7-8,10-11,13-16,20,25H,6,9,12,17-19H2,1-5H3,(H,29,33)/t25-/m1/s1. The molecule has 0 saturated heterocycles. The second-order valence-corrected chi connectivity index (χ2v) is 11.6. The minimum absolute atomic E-state index is 0.0700. The molecule has 8 nitrogen and oxygen atoms in total. The molecule has 37 heavy (non-hydrogen) atoms. The molecule has 0 heterocycles. The monoisotopic (exact) mass is 551 g/mol. The molecule has 0 unspecified atom stereocenters. The van der Waals surface area contributed by atoms with Crippen LogP contribution in [-0.4, -0.2) is 57.6 Å². The van der Waals surface area contributed by atoms with Crippen molar-refractivity contribution in [2.75, 3.05) is 30.8 Å². The van der Waals surface area contributed by atoms with Crippen LogP contribution in [0.2, 0.25) is 5.02 Å². The van der Waals surface area contributed by atoms with Gasteiger partial charge in [-0.2, -0.15) is 0 Å². The van der Waals surface area contributed by atoms with Crippen molar-refractivity contribution in [1.82, 2.24) is 10.2 Å². The number of benzene rings is 2. The van der Waals surface area contributed by atoms with Crippen molar-refractivity contribution >= 4 is 39.1 Å². The number of amides is 2. The van der Waals surface area contributed by atoms with E-state index in [0.717, 1.165) is 11.8 Å².